The number of nitrogens with zero attached hydrogens (tertiary/aromatic N) is 1. The van der Waals surface area contributed by atoms with E-state index in [1.54, 1.807) is 10.6 Å². The second-order valence-corrected chi connectivity index (χ2v) is 2.99. The first kappa shape index (κ1) is 9.84. The minimum absolute atomic E-state index is 0.235. The molecule has 0 fully saturated rings. The monoisotopic (exact) mass is 181 g/mol. The van der Waals surface area contributed by atoms with Crippen LogP contribution in [0.4, 0.5) is 0 Å². The Labute approximate surface area is 78.3 Å². The molecule has 3 heteroatoms. The predicted octanol–water partition coefficient (Wildman–Crippen LogP) is 1.98. The van der Waals surface area contributed by atoms with Crippen LogP contribution in [0.5, 0.6) is 0 Å². The zero-order valence-electron chi connectivity index (χ0n) is 8.12. The van der Waals surface area contributed by atoms with E-state index in [0.717, 1.165) is 12.8 Å². The molecule has 0 amide bonds. The van der Waals surface area contributed by atoms with Crippen LogP contribution in [0.25, 0.3) is 0 Å². The first-order chi connectivity index (χ1) is 6.25. The number of carbonyl (C=O) groups is 1. The summed E-state index contributed by atoms with van der Waals surface area (Å²) in [4.78, 5) is 11.4. The van der Waals surface area contributed by atoms with Gasteiger partial charge in [0.25, 0.3) is 0 Å². The molecule has 0 aromatic carbocycles. The number of aromatic nitrogens is 1. The molecule has 0 atom stereocenters. The van der Waals surface area contributed by atoms with Crippen molar-refractivity contribution in [2.24, 2.45) is 7.05 Å². The van der Waals surface area contributed by atoms with Gasteiger partial charge in [0.2, 0.25) is 0 Å². The number of unbranched alkanes of at least 4 members (excludes halogenated alkanes) is 1. The average molecular weight is 181 g/mol. The molecule has 1 aromatic heterocycles. The van der Waals surface area contributed by atoms with Gasteiger partial charge < -0.3 is 9.30 Å². The van der Waals surface area contributed by atoms with Crippen molar-refractivity contribution in [2.45, 2.75) is 19.8 Å². The second kappa shape index (κ2) is 4.70. The van der Waals surface area contributed by atoms with Crippen molar-refractivity contribution < 1.29 is 9.53 Å². The summed E-state index contributed by atoms with van der Waals surface area (Å²) in [5.74, 6) is -0.235. The molecular weight excluding hydrogens is 166 g/mol. The van der Waals surface area contributed by atoms with Crippen LogP contribution >= 0.6 is 0 Å². The lowest BCUT2D eigenvalue weighted by atomic mass is 10.3. The number of aryl methyl sites for hydroxylation is 1. The van der Waals surface area contributed by atoms with E-state index in [2.05, 4.69) is 6.92 Å². The first-order valence-corrected chi connectivity index (χ1v) is 4.54. The molecule has 0 spiro atoms. The van der Waals surface area contributed by atoms with Crippen LogP contribution in [-0.2, 0) is 11.8 Å². The zero-order chi connectivity index (χ0) is 9.68. The van der Waals surface area contributed by atoms with Gasteiger partial charge in [0.1, 0.15) is 5.69 Å². The summed E-state index contributed by atoms with van der Waals surface area (Å²) < 4.78 is 6.81. The van der Waals surface area contributed by atoms with E-state index in [-0.39, 0.29) is 5.97 Å². The molecular formula is C10H15NO2. The Morgan fingerprint density at radius 2 is 2.38 bits per heavy atom. The Morgan fingerprint density at radius 1 is 1.62 bits per heavy atom. The molecule has 0 unspecified atom stereocenters. The van der Waals surface area contributed by atoms with Gasteiger partial charge in [-0.05, 0) is 18.6 Å². The summed E-state index contributed by atoms with van der Waals surface area (Å²) in [5, 5.41) is 0. The van der Waals surface area contributed by atoms with Gasteiger partial charge in [-0.25, -0.2) is 4.79 Å². The van der Waals surface area contributed by atoms with Crippen LogP contribution in [0.2, 0.25) is 0 Å². The summed E-state index contributed by atoms with van der Waals surface area (Å²) in [6.07, 6.45) is 3.80. The third-order valence-electron chi connectivity index (χ3n) is 1.88. The van der Waals surface area contributed by atoms with Gasteiger partial charge in [0.05, 0.1) is 6.61 Å². The maximum atomic E-state index is 11.4. The van der Waals surface area contributed by atoms with Gasteiger partial charge >= 0.3 is 5.97 Å². The van der Waals surface area contributed by atoms with Crippen LogP contribution in [0.15, 0.2) is 18.3 Å². The van der Waals surface area contributed by atoms with E-state index in [1.807, 2.05) is 19.3 Å². The summed E-state index contributed by atoms with van der Waals surface area (Å²) in [5.41, 5.74) is 0.608. The fraction of sp³-hybridized carbons (Fsp3) is 0.500. The normalized spacial score (nSPS) is 10.0. The summed E-state index contributed by atoms with van der Waals surface area (Å²) in [6.45, 7) is 2.58. The van der Waals surface area contributed by atoms with E-state index in [0.29, 0.717) is 12.3 Å². The van der Waals surface area contributed by atoms with Crippen LogP contribution < -0.4 is 0 Å². The largest absolute Gasteiger partial charge is 0.461 e. The zero-order valence-corrected chi connectivity index (χ0v) is 8.12. The third-order valence-corrected chi connectivity index (χ3v) is 1.88. The molecule has 0 aliphatic rings. The Kier molecular flexibility index (Phi) is 3.55. The van der Waals surface area contributed by atoms with Gasteiger partial charge in [-0.15, -0.1) is 0 Å². The minimum atomic E-state index is -0.235. The lowest BCUT2D eigenvalue weighted by Gasteiger charge is -2.03. The highest BCUT2D eigenvalue weighted by atomic mass is 16.5. The van der Waals surface area contributed by atoms with Gasteiger partial charge in [0, 0.05) is 13.2 Å². The lowest BCUT2D eigenvalue weighted by molar-refractivity contribution is 0.0488. The number of ether oxygens (including phenoxy) is 1. The maximum Gasteiger partial charge on any atom is 0.354 e. The highest BCUT2D eigenvalue weighted by Crippen LogP contribution is 2.02. The van der Waals surface area contributed by atoms with Crippen molar-refractivity contribution >= 4 is 5.97 Å². The van der Waals surface area contributed by atoms with Crippen molar-refractivity contribution in [3.8, 4) is 0 Å². The lowest BCUT2D eigenvalue weighted by Crippen LogP contribution is -2.10. The van der Waals surface area contributed by atoms with E-state index >= 15 is 0 Å². The SMILES string of the molecule is CCCCOC(=O)c1cccn1C. The van der Waals surface area contributed by atoms with Gasteiger partial charge in [0.15, 0.2) is 0 Å². The van der Waals surface area contributed by atoms with Crippen molar-refractivity contribution in [3.63, 3.8) is 0 Å². The van der Waals surface area contributed by atoms with E-state index < -0.39 is 0 Å². The fourth-order valence-corrected chi connectivity index (χ4v) is 1.06. The molecule has 0 bridgehead atoms. The highest BCUT2D eigenvalue weighted by molar-refractivity contribution is 5.87. The van der Waals surface area contributed by atoms with Crippen molar-refractivity contribution in [1.82, 2.24) is 4.57 Å². The molecule has 1 heterocycles. The first-order valence-electron chi connectivity index (χ1n) is 4.54. The summed E-state index contributed by atoms with van der Waals surface area (Å²) >= 11 is 0. The van der Waals surface area contributed by atoms with E-state index in [1.165, 1.54) is 0 Å². The molecule has 0 aliphatic heterocycles. The molecule has 3 nitrogen and oxygen atoms in total. The number of rotatable bonds is 4. The molecule has 0 radical (unpaired) electrons. The molecule has 0 saturated carbocycles. The van der Waals surface area contributed by atoms with Gasteiger partial charge in [-0.3, -0.25) is 0 Å². The van der Waals surface area contributed by atoms with Gasteiger partial charge in [-0.1, -0.05) is 13.3 Å². The predicted molar refractivity (Wildman–Crippen MR) is 50.6 cm³/mol. The van der Waals surface area contributed by atoms with Crippen molar-refractivity contribution in [1.29, 1.82) is 0 Å². The summed E-state index contributed by atoms with van der Waals surface area (Å²) in [7, 11) is 1.83. The molecule has 1 aromatic rings. The molecule has 0 N–H and O–H groups in total. The fourth-order valence-electron chi connectivity index (χ4n) is 1.06. The molecule has 13 heavy (non-hydrogen) atoms. The standard InChI is InChI=1S/C10H15NO2/c1-3-4-8-13-10(12)9-6-5-7-11(9)2/h5-7H,3-4,8H2,1-2H3. The maximum absolute atomic E-state index is 11.4. The highest BCUT2D eigenvalue weighted by Gasteiger charge is 2.08. The van der Waals surface area contributed by atoms with E-state index in [4.69, 9.17) is 4.74 Å². The van der Waals surface area contributed by atoms with Crippen molar-refractivity contribution in [2.75, 3.05) is 6.61 Å². The molecule has 1 rings (SSSR count). The molecule has 72 valence electrons. The Balaban J connectivity index is 2.45. The smallest absolute Gasteiger partial charge is 0.354 e. The topological polar surface area (TPSA) is 31.2 Å². The van der Waals surface area contributed by atoms with Crippen LogP contribution in [0.1, 0.15) is 30.3 Å². The number of hydrogen-bond donors (Lipinski definition) is 0. The Bertz CT molecular complexity index is 278. The van der Waals surface area contributed by atoms with Crippen molar-refractivity contribution in [3.05, 3.63) is 24.0 Å². The van der Waals surface area contributed by atoms with Gasteiger partial charge in [-0.2, -0.15) is 0 Å². The van der Waals surface area contributed by atoms with Crippen LogP contribution in [0.3, 0.4) is 0 Å². The Morgan fingerprint density at radius 3 is 2.92 bits per heavy atom. The molecule has 0 saturated heterocycles. The summed E-state index contributed by atoms with van der Waals surface area (Å²) in [6, 6.07) is 3.59. The average Bonchev–Trinajstić information content (AvgIpc) is 2.52. The van der Waals surface area contributed by atoms with Crippen LogP contribution in [0, 0.1) is 0 Å². The number of hydrogen-bond acceptors (Lipinski definition) is 2. The number of carbonyl (C=O) groups excluding carboxylic acids is 1. The second-order valence-electron chi connectivity index (χ2n) is 2.99. The van der Waals surface area contributed by atoms with E-state index in [9.17, 15) is 4.79 Å². The minimum Gasteiger partial charge on any atom is -0.461 e. The van der Waals surface area contributed by atoms with Crippen LogP contribution in [-0.4, -0.2) is 17.1 Å². The quantitative estimate of drug-likeness (QED) is 0.525. The number of esters is 1. The molecule has 0 aliphatic carbocycles. The Hall–Kier alpha value is -1.25. The third kappa shape index (κ3) is 2.61.